The Hall–Kier alpha value is -0.130. The highest BCUT2D eigenvalue weighted by Gasteiger charge is 2.48. The van der Waals surface area contributed by atoms with Crippen LogP contribution >= 0.6 is 0 Å². The summed E-state index contributed by atoms with van der Waals surface area (Å²) in [5, 5.41) is 3.70. The summed E-state index contributed by atoms with van der Waals surface area (Å²) in [7, 11) is -2.88. The zero-order chi connectivity index (χ0) is 15.0. The van der Waals surface area contributed by atoms with Gasteiger partial charge in [-0.05, 0) is 38.0 Å². The van der Waals surface area contributed by atoms with E-state index >= 15 is 0 Å². The van der Waals surface area contributed by atoms with Crippen molar-refractivity contribution < 1.29 is 8.42 Å². The number of hydrogen-bond acceptors (Lipinski definition) is 4. The van der Waals surface area contributed by atoms with Crippen LogP contribution < -0.4 is 5.32 Å². The molecule has 0 spiro atoms. The molecule has 118 valence electrons. The molecule has 0 amide bonds. The van der Waals surface area contributed by atoms with Crippen LogP contribution in [0.25, 0.3) is 0 Å². The minimum absolute atomic E-state index is 0.151. The van der Waals surface area contributed by atoms with E-state index < -0.39 is 9.84 Å². The first-order valence-corrected chi connectivity index (χ1v) is 9.93. The molecule has 0 aromatic heterocycles. The Morgan fingerprint density at radius 1 is 1.35 bits per heavy atom. The van der Waals surface area contributed by atoms with E-state index in [1.54, 1.807) is 0 Å². The SMILES string of the molecule is CC(C)CC1CN(CCS(C)(=O)=O)C(C)(C2CC2)CN1. The summed E-state index contributed by atoms with van der Waals surface area (Å²) < 4.78 is 23.0. The Balaban J connectivity index is 2.02. The fourth-order valence-corrected chi connectivity index (χ4v) is 4.01. The van der Waals surface area contributed by atoms with Crippen LogP contribution in [0, 0.1) is 11.8 Å². The van der Waals surface area contributed by atoms with Gasteiger partial charge in [0.25, 0.3) is 0 Å². The minimum Gasteiger partial charge on any atom is -0.311 e. The topological polar surface area (TPSA) is 49.4 Å². The van der Waals surface area contributed by atoms with Gasteiger partial charge in [0.2, 0.25) is 0 Å². The quantitative estimate of drug-likeness (QED) is 0.808. The Labute approximate surface area is 124 Å². The lowest BCUT2D eigenvalue weighted by atomic mass is 9.88. The van der Waals surface area contributed by atoms with Crippen LogP contribution in [-0.4, -0.2) is 56.5 Å². The standard InChI is InChI=1S/C15H30N2O2S/c1-12(2)9-14-10-17(7-8-20(4,18)19)15(3,11-16-14)13-5-6-13/h12-14,16H,5-11H2,1-4H3. The molecule has 1 saturated heterocycles. The molecule has 2 rings (SSSR count). The summed E-state index contributed by atoms with van der Waals surface area (Å²) in [6.45, 7) is 9.47. The van der Waals surface area contributed by atoms with Gasteiger partial charge in [0.15, 0.2) is 0 Å². The minimum atomic E-state index is -2.88. The van der Waals surface area contributed by atoms with Crippen LogP contribution in [0.2, 0.25) is 0 Å². The lowest BCUT2D eigenvalue weighted by Crippen LogP contribution is -2.65. The van der Waals surface area contributed by atoms with Crippen molar-refractivity contribution in [3.05, 3.63) is 0 Å². The molecule has 1 aliphatic carbocycles. The van der Waals surface area contributed by atoms with Gasteiger partial charge in [0, 0.05) is 37.5 Å². The highest BCUT2D eigenvalue weighted by molar-refractivity contribution is 7.90. The fourth-order valence-electron chi connectivity index (χ4n) is 3.46. The maximum Gasteiger partial charge on any atom is 0.148 e. The van der Waals surface area contributed by atoms with Crippen LogP contribution in [0.5, 0.6) is 0 Å². The second kappa shape index (κ2) is 5.93. The predicted molar refractivity (Wildman–Crippen MR) is 83.7 cm³/mol. The van der Waals surface area contributed by atoms with Crippen molar-refractivity contribution in [2.75, 3.05) is 31.6 Å². The normalized spacial score (nSPS) is 32.8. The zero-order valence-corrected chi connectivity index (χ0v) is 14.2. The van der Waals surface area contributed by atoms with E-state index in [1.165, 1.54) is 19.1 Å². The molecule has 2 aliphatic rings. The van der Waals surface area contributed by atoms with Crippen LogP contribution in [0.4, 0.5) is 0 Å². The molecule has 0 bridgehead atoms. The lowest BCUT2D eigenvalue weighted by Gasteiger charge is -2.49. The van der Waals surface area contributed by atoms with Crippen LogP contribution in [0.1, 0.15) is 40.0 Å². The number of piperazine rings is 1. The molecule has 1 N–H and O–H groups in total. The summed E-state index contributed by atoms with van der Waals surface area (Å²) in [5.74, 6) is 1.70. The molecule has 5 heteroatoms. The van der Waals surface area contributed by atoms with Crippen LogP contribution in [0.15, 0.2) is 0 Å². The van der Waals surface area contributed by atoms with Crippen molar-refractivity contribution in [3.8, 4) is 0 Å². The van der Waals surface area contributed by atoms with Gasteiger partial charge in [0.05, 0.1) is 5.75 Å². The van der Waals surface area contributed by atoms with Gasteiger partial charge in [-0.15, -0.1) is 0 Å². The van der Waals surface area contributed by atoms with Gasteiger partial charge in [-0.3, -0.25) is 4.90 Å². The molecule has 0 radical (unpaired) electrons. The van der Waals surface area contributed by atoms with E-state index in [1.807, 2.05) is 0 Å². The van der Waals surface area contributed by atoms with Crippen molar-refractivity contribution in [1.82, 2.24) is 10.2 Å². The van der Waals surface area contributed by atoms with Crippen molar-refractivity contribution in [2.24, 2.45) is 11.8 Å². The third kappa shape index (κ3) is 4.18. The molecule has 20 heavy (non-hydrogen) atoms. The number of nitrogens with one attached hydrogen (secondary N) is 1. The maximum atomic E-state index is 11.5. The van der Waals surface area contributed by atoms with Crippen molar-refractivity contribution in [3.63, 3.8) is 0 Å². The molecule has 2 unspecified atom stereocenters. The molecule has 2 atom stereocenters. The first-order chi connectivity index (χ1) is 9.21. The first kappa shape index (κ1) is 16.2. The number of sulfone groups is 1. The summed E-state index contributed by atoms with van der Waals surface area (Å²) in [6, 6.07) is 0.501. The Morgan fingerprint density at radius 2 is 2.00 bits per heavy atom. The zero-order valence-electron chi connectivity index (χ0n) is 13.4. The fraction of sp³-hybridized carbons (Fsp3) is 1.00. The number of nitrogens with zero attached hydrogens (tertiary/aromatic N) is 1. The van der Waals surface area contributed by atoms with Gasteiger partial charge < -0.3 is 5.32 Å². The van der Waals surface area contributed by atoms with E-state index in [0.29, 0.717) is 18.5 Å². The van der Waals surface area contributed by atoms with Crippen molar-refractivity contribution in [1.29, 1.82) is 0 Å². The molecule has 1 heterocycles. The largest absolute Gasteiger partial charge is 0.311 e. The Bertz CT molecular complexity index is 431. The smallest absolute Gasteiger partial charge is 0.148 e. The molecule has 1 saturated carbocycles. The summed E-state index contributed by atoms with van der Waals surface area (Å²) in [5.41, 5.74) is 0.151. The number of hydrogen-bond donors (Lipinski definition) is 1. The van der Waals surface area contributed by atoms with Gasteiger partial charge in [-0.2, -0.15) is 0 Å². The average Bonchev–Trinajstić information content (AvgIpc) is 3.12. The van der Waals surface area contributed by atoms with Crippen LogP contribution in [-0.2, 0) is 9.84 Å². The second-order valence-corrected chi connectivity index (χ2v) is 9.67. The third-order valence-corrected chi connectivity index (χ3v) is 5.78. The molecule has 4 nitrogen and oxygen atoms in total. The highest BCUT2D eigenvalue weighted by Crippen LogP contribution is 2.44. The van der Waals surface area contributed by atoms with Gasteiger partial charge in [-0.1, -0.05) is 13.8 Å². The van der Waals surface area contributed by atoms with Gasteiger partial charge in [-0.25, -0.2) is 8.42 Å². The number of rotatable bonds is 6. The Kier molecular flexibility index (Phi) is 4.82. The van der Waals surface area contributed by atoms with E-state index in [0.717, 1.165) is 25.4 Å². The van der Waals surface area contributed by atoms with Gasteiger partial charge >= 0.3 is 0 Å². The first-order valence-electron chi connectivity index (χ1n) is 7.87. The molecule has 2 fully saturated rings. The van der Waals surface area contributed by atoms with Gasteiger partial charge in [0.1, 0.15) is 9.84 Å². The Morgan fingerprint density at radius 3 is 2.50 bits per heavy atom. The maximum absolute atomic E-state index is 11.5. The summed E-state index contributed by atoms with van der Waals surface area (Å²) in [4.78, 5) is 2.45. The molecule has 0 aromatic carbocycles. The summed E-state index contributed by atoms with van der Waals surface area (Å²) >= 11 is 0. The van der Waals surface area contributed by atoms with E-state index in [9.17, 15) is 8.42 Å². The average molecular weight is 302 g/mol. The van der Waals surface area contributed by atoms with E-state index in [-0.39, 0.29) is 11.3 Å². The van der Waals surface area contributed by atoms with E-state index in [2.05, 4.69) is 31.0 Å². The molecule has 1 aliphatic heterocycles. The van der Waals surface area contributed by atoms with E-state index in [4.69, 9.17) is 0 Å². The molecular formula is C15H30N2O2S. The monoisotopic (exact) mass is 302 g/mol. The molecule has 0 aromatic rings. The predicted octanol–water partition coefficient (Wildman–Crippen LogP) is 1.52. The second-order valence-electron chi connectivity index (χ2n) is 7.41. The summed E-state index contributed by atoms with van der Waals surface area (Å²) in [6.07, 6.45) is 5.09. The van der Waals surface area contributed by atoms with Crippen LogP contribution in [0.3, 0.4) is 0 Å². The third-order valence-electron chi connectivity index (χ3n) is 4.86. The van der Waals surface area contributed by atoms with Crippen molar-refractivity contribution >= 4 is 9.84 Å². The van der Waals surface area contributed by atoms with Crippen molar-refractivity contribution in [2.45, 2.75) is 51.6 Å². The highest BCUT2D eigenvalue weighted by atomic mass is 32.2. The lowest BCUT2D eigenvalue weighted by molar-refractivity contribution is 0.0363. The molecular weight excluding hydrogens is 272 g/mol.